The van der Waals surface area contributed by atoms with Gasteiger partial charge in [-0.3, -0.25) is 9.80 Å². The molecule has 0 radical (unpaired) electrons. The predicted octanol–water partition coefficient (Wildman–Crippen LogP) is 4.84. The molecule has 4 rings (SSSR count). The number of benzene rings is 3. The first-order valence-electron chi connectivity index (χ1n) is 10.8. The van der Waals surface area contributed by atoms with Gasteiger partial charge in [0, 0.05) is 50.8 Å². The van der Waals surface area contributed by atoms with Crippen LogP contribution in [0.25, 0.3) is 0 Å². The third-order valence-electron chi connectivity index (χ3n) is 5.83. The van der Waals surface area contributed by atoms with Crippen molar-refractivity contribution in [1.82, 2.24) is 15.1 Å². The van der Waals surface area contributed by atoms with Crippen LogP contribution in [0, 0.1) is 0 Å². The molecule has 3 aromatic rings. The Balaban J connectivity index is 1.28. The summed E-state index contributed by atoms with van der Waals surface area (Å²) in [6.07, 6.45) is 0. The number of piperazine rings is 1. The molecule has 0 bridgehead atoms. The Morgan fingerprint density at radius 1 is 0.700 bits per heavy atom. The average Bonchev–Trinajstić information content (AvgIpc) is 2.80. The molecular formula is C26H30ClN3. The van der Waals surface area contributed by atoms with Crippen molar-refractivity contribution in [3.8, 4) is 0 Å². The lowest BCUT2D eigenvalue weighted by atomic mass is 9.99. The summed E-state index contributed by atoms with van der Waals surface area (Å²) in [6.45, 7) is 7.61. The zero-order valence-corrected chi connectivity index (χ0v) is 18.1. The normalized spacial score (nSPS) is 16.4. The van der Waals surface area contributed by atoms with Crippen LogP contribution in [0.2, 0.25) is 5.02 Å². The molecule has 0 spiro atoms. The van der Waals surface area contributed by atoms with E-state index in [0.717, 1.165) is 50.8 Å². The van der Waals surface area contributed by atoms with Crippen molar-refractivity contribution in [2.75, 3.05) is 39.3 Å². The Bertz CT molecular complexity index is 875. The summed E-state index contributed by atoms with van der Waals surface area (Å²) in [6, 6.07) is 29.8. The van der Waals surface area contributed by atoms with Crippen molar-refractivity contribution >= 4 is 11.6 Å². The molecule has 0 aromatic heterocycles. The summed E-state index contributed by atoms with van der Waals surface area (Å²) >= 11 is 6.10. The highest BCUT2D eigenvalue weighted by molar-refractivity contribution is 6.30. The Labute approximate surface area is 185 Å². The zero-order chi connectivity index (χ0) is 20.6. The fourth-order valence-electron chi connectivity index (χ4n) is 4.11. The second kappa shape index (κ2) is 10.7. The number of nitrogens with zero attached hydrogens (tertiary/aromatic N) is 2. The summed E-state index contributed by atoms with van der Waals surface area (Å²) in [5.41, 5.74) is 3.94. The van der Waals surface area contributed by atoms with Crippen LogP contribution in [0.3, 0.4) is 0 Å². The molecule has 0 saturated carbocycles. The van der Waals surface area contributed by atoms with Crippen LogP contribution in [0.4, 0.5) is 0 Å². The van der Waals surface area contributed by atoms with Gasteiger partial charge in [0.25, 0.3) is 0 Å². The fourth-order valence-corrected chi connectivity index (χ4v) is 4.23. The van der Waals surface area contributed by atoms with E-state index in [9.17, 15) is 0 Å². The van der Waals surface area contributed by atoms with Gasteiger partial charge in [0.05, 0.1) is 6.04 Å². The van der Waals surface area contributed by atoms with Gasteiger partial charge in [0.2, 0.25) is 0 Å². The van der Waals surface area contributed by atoms with E-state index in [4.69, 9.17) is 11.6 Å². The van der Waals surface area contributed by atoms with Crippen molar-refractivity contribution in [3.05, 3.63) is 107 Å². The molecule has 0 aliphatic carbocycles. The van der Waals surface area contributed by atoms with Crippen LogP contribution < -0.4 is 5.32 Å². The smallest absolute Gasteiger partial charge is 0.0577 e. The van der Waals surface area contributed by atoms with Gasteiger partial charge in [-0.2, -0.15) is 0 Å². The lowest BCUT2D eigenvalue weighted by Gasteiger charge is -2.35. The average molecular weight is 420 g/mol. The molecule has 3 aromatic carbocycles. The van der Waals surface area contributed by atoms with E-state index in [1.165, 1.54) is 16.7 Å². The largest absolute Gasteiger partial charge is 0.305 e. The highest BCUT2D eigenvalue weighted by Gasteiger charge is 2.18. The van der Waals surface area contributed by atoms with E-state index in [2.05, 4.69) is 87.9 Å². The second-order valence-corrected chi connectivity index (χ2v) is 8.39. The Morgan fingerprint density at radius 3 is 1.93 bits per heavy atom. The molecule has 0 amide bonds. The molecule has 1 saturated heterocycles. The van der Waals surface area contributed by atoms with Crippen molar-refractivity contribution in [2.24, 2.45) is 0 Å². The molecule has 1 heterocycles. The van der Waals surface area contributed by atoms with E-state index in [-0.39, 0.29) is 6.04 Å². The minimum atomic E-state index is 0.183. The number of hydrogen-bond donors (Lipinski definition) is 1. The third-order valence-corrected chi connectivity index (χ3v) is 6.08. The van der Waals surface area contributed by atoms with Gasteiger partial charge in [-0.15, -0.1) is 0 Å². The van der Waals surface area contributed by atoms with Crippen molar-refractivity contribution in [2.45, 2.75) is 12.6 Å². The van der Waals surface area contributed by atoms with Crippen molar-refractivity contribution in [1.29, 1.82) is 0 Å². The van der Waals surface area contributed by atoms with Crippen LogP contribution >= 0.6 is 11.6 Å². The van der Waals surface area contributed by atoms with E-state index in [1.807, 2.05) is 12.1 Å². The molecule has 1 fully saturated rings. The fraction of sp³-hybridized carbons (Fsp3) is 0.308. The third kappa shape index (κ3) is 5.93. The predicted molar refractivity (Wildman–Crippen MR) is 126 cm³/mol. The van der Waals surface area contributed by atoms with Crippen molar-refractivity contribution < 1.29 is 0 Å². The minimum absolute atomic E-state index is 0.183. The topological polar surface area (TPSA) is 18.5 Å². The first-order valence-corrected chi connectivity index (χ1v) is 11.2. The summed E-state index contributed by atoms with van der Waals surface area (Å²) in [4.78, 5) is 5.12. The maximum absolute atomic E-state index is 6.10. The summed E-state index contributed by atoms with van der Waals surface area (Å²) in [7, 11) is 0. The van der Waals surface area contributed by atoms with Crippen molar-refractivity contribution in [3.63, 3.8) is 0 Å². The molecule has 1 aliphatic heterocycles. The SMILES string of the molecule is Clc1ccc(C(NCCN2CCN(Cc3ccccc3)CC2)c2ccccc2)cc1. The zero-order valence-electron chi connectivity index (χ0n) is 17.4. The van der Waals surface area contributed by atoms with E-state index < -0.39 is 0 Å². The van der Waals surface area contributed by atoms with Gasteiger partial charge in [-0.1, -0.05) is 84.4 Å². The second-order valence-electron chi connectivity index (χ2n) is 7.95. The lowest BCUT2D eigenvalue weighted by Crippen LogP contribution is -2.47. The maximum Gasteiger partial charge on any atom is 0.0577 e. The Morgan fingerprint density at radius 2 is 1.27 bits per heavy atom. The molecule has 30 heavy (non-hydrogen) atoms. The summed E-state index contributed by atoms with van der Waals surface area (Å²) in [5.74, 6) is 0. The van der Waals surface area contributed by atoms with Crippen LogP contribution in [0.5, 0.6) is 0 Å². The van der Waals surface area contributed by atoms with Crippen LogP contribution in [-0.2, 0) is 6.54 Å². The molecule has 156 valence electrons. The number of hydrogen-bond acceptors (Lipinski definition) is 3. The Hall–Kier alpha value is -2.17. The monoisotopic (exact) mass is 419 g/mol. The Kier molecular flexibility index (Phi) is 7.54. The maximum atomic E-state index is 6.10. The molecule has 1 aliphatic rings. The standard InChI is InChI=1S/C26H30ClN3/c27-25-13-11-24(12-14-25)26(23-9-5-2-6-10-23)28-15-16-29-17-19-30(20-18-29)21-22-7-3-1-4-8-22/h1-14,26,28H,15-21H2. The van der Waals surface area contributed by atoms with E-state index in [1.54, 1.807) is 0 Å². The number of nitrogens with one attached hydrogen (secondary N) is 1. The first-order chi connectivity index (χ1) is 14.8. The summed E-state index contributed by atoms with van der Waals surface area (Å²) in [5, 5.41) is 4.55. The highest BCUT2D eigenvalue weighted by atomic mass is 35.5. The van der Waals surface area contributed by atoms with E-state index >= 15 is 0 Å². The van der Waals surface area contributed by atoms with Gasteiger partial charge in [-0.05, 0) is 28.8 Å². The molecule has 1 atom stereocenters. The molecule has 1 N–H and O–H groups in total. The van der Waals surface area contributed by atoms with Gasteiger partial charge in [0.15, 0.2) is 0 Å². The summed E-state index contributed by atoms with van der Waals surface area (Å²) < 4.78 is 0. The van der Waals surface area contributed by atoms with Crippen LogP contribution in [0.15, 0.2) is 84.9 Å². The quantitative estimate of drug-likeness (QED) is 0.563. The lowest BCUT2D eigenvalue weighted by molar-refractivity contribution is 0.127. The minimum Gasteiger partial charge on any atom is -0.305 e. The van der Waals surface area contributed by atoms with Crippen LogP contribution in [-0.4, -0.2) is 49.1 Å². The number of halogens is 1. The van der Waals surface area contributed by atoms with E-state index in [0.29, 0.717) is 0 Å². The van der Waals surface area contributed by atoms with Gasteiger partial charge >= 0.3 is 0 Å². The first kappa shape index (κ1) is 21.1. The number of rotatable bonds is 8. The molecule has 1 unspecified atom stereocenters. The molecule has 3 nitrogen and oxygen atoms in total. The molecular weight excluding hydrogens is 390 g/mol. The van der Waals surface area contributed by atoms with Gasteiger partial charge in [0.1, 0.15) is 0 Å². The highest BCUT2D eigenvalue weighted by Crippen LogP contribution is 2.23. The van der Waals surface area contributed by atoms with Gasteiger partial charge in [-0.25, -0.2) is 0 Å². The van der Waals surface area contributed by atoms with Gasteiger partial charge < -0.3 is 5.32 Å². The molecule has 4 heteroatoms. The van der Waals surface area contributed by atoms with Crippen LogP contribution in [0.1, 0.15) is 22.7 Å².